The molecule has 0 aliphatic rings. The highest BCUT2D eigenvalue weighted by atomic mass is 19.4. The molecule has 0 spiro atoms. The first-order valence-electron chi connectivity index (χ1n) is 9.82. The maximum absolute atomic E-state index is 13.6. The average Bonchev–Trinajstić information content (AvgIpc) is 2.71. The third-order valence-electron chi connectivity index (χ3n) is 4.30. The fourth-order valence-electron chi connectivity index (χ4n) is 2.82. The smallest absolute Gasteiger partial charge is 0.382 e. The Morgan fingerprint density at radius 3 is 2.27 bits per heavy atom. The van der Waals surface area contributed by atoms with Crippen LogP contribution in [0.3, 0.4) is 0 Å². The fraction of sp³-hybridized carbons (Fsp3) is 0.333. The first-order valence-corrected chi connectivity index (χ1v) is 9.82. The predicted octanol–water partition coefficient (Wildman–Crippen LogP) is 5.20. The first kappa shape index (κ1) is 24.2. The van der Waals surface area contributed by atoms with Crippen molar-refractivity contribution in [2.45, 2.75) is 45.0 Å². The Morgan fingerprint density at radius 1 is 0.939 bits per heavy atom. The van der Waals surface area contributed by atoms with Gasteiger partial charge in [0.05, 0.1) is 0 Å². The molecule has 33 heavy (non-hydrogen) atoms. The van der Waals surface area contributed by atoms with Crippen molar-refractivity contribution < 1.29 is 27.1 Å². The summed E-state index contributed by atoms with van der Waals surface area (Å²) in [4.78, 5) is 16.0. The number of aromatic nitrogens is 4. The molecule has 1 atom stereocenters. The van der Waals surface area contributed by atoms with Gasteiger partial charge in [0.2, 0.25) is 11.9 Å². The molecule has 176 valence electrons. The zero-order chi connectivity index (χ0) is 24.4. The van der Waals surface area contributed by atoms with Crippen LogP contribution in [-0.4, -0.2) is 37.0 Å². The molecule has 0 fully saturated rings. The molecular weight excluding hydrogens is 447 g/mol. The Morgan fingerprint density at radius 2 is 1.64 bits per heavy atom. The number of pyridine rings is 1. The molecular formula is C21H21F5N6O. The number of rotatable bonds is 7. The van der Waals surface area contributed by atoms with E-state index in [1.54, 1.807) is 6.07 Å². The second-order valence-electron chi connectivity index (χ2n) is 7.64. The van der Waals surface area contributed by atoms with Crippen molar-refractivity contribution in [3.8, 4) is 11.4 Å². The van der Waals surface area contributed by atoms with Gasteiger partial charge in [-0.25, -0.2) is 8.78 Å². The summed E-state index contributed by atoms with van der Waals surface area (Å²) in [6.45, 7) is 4.26. The van der Waals surface area contributed by atoms with Crippen LogP contribution in [0, 0.1) is 0 Å². The highest BCUT2D eigenvalue weighted by Gasteiger charge is 2.34. The molecule has 2 aromatic heterocycles. The first-order chi connectivity index (χ1) is 15.3. The van der Waals surface area contributed by atoms with Crippen molar-refractivity contribution in [3.05, 3.63) is 53.9 Å². The fourth-order valence-corrected chi connectivity index (χ4v) is 2.82. The molecule has 7 nitrogen and oxygen atoms in total. The summed E-state index contributed by atoms with van der Waals surface area (Å²) in [6, 6.07) is 7.70. The molecule has 1 unspecified atom stereocenters. The molecule has 3 aromatic rings. The Balaban J connectivity index is 2.01. The van der Waals surface area contributed by atoms with Gasteiger partial charge in [0.15, 0.2) is 5.82 Å². The van der Waals surface area contributed by atoms with Gasteiger partial charge in [0.25, 0.3) is 5.92 Å². The van der Waals surface area contributed by atoms with Crippen molar-refractivity contribution in [3.63, 3.8) is 0 Å². The minimum atomic E-state index is -4.63. The maximum Gasteiger partial charge on any atom is 0.433 e. The lowest BCUT2D eigenvalue weighted by Crippen LogP contribution is -2.21. The Kier molecular flexibility index (Phi) is 6.77. The number of nitrogens with one attached hydrogen (secondary N) is 2. The van der Waals surface area contributed by atoms with Gasteiger partial charge in [0.1, 0.15) is 11.8 Å². The predicted molar refractivity (Wildman–Crippen MR) is 112 cm³/mol. The minimum Gasteiger partial charge on any atom is -0.382 e. The van der Waals surface area contributed by atoms with Crippen molar-refractivity contribution in [1.82, 2.24) is 19.9 Å². The number of hydrogen-bond donors (Lipinski definition) is 3. The zero-order valence-electron chi connectivity index (χ0n) is 17.8. The number of benzene rings is 1. The van der Waals surface area contributed by atoms with E-state index in [4.69, 9.17) is 0 Å². The van der Waals surface area contributed by atoms with Crippen LogP contribution in [0.25, 0.3) is 11.4 Å². The van der Waals surface area contributed by atoms with Crippen LogP contribution in [-0.2, 0) is 6.18 Å². The Labute approximate surface area is 186 Å². The molecule has 3 rings (SSSR count). The van der Waals surface area contributed by atoms with Crippen molar-refractivity contribution in [1.29, 1.82) is 0 Å². The molecule has 0 bridgehead atoms. The number of aliphatic hydroxyl groups is 1. The standard InChI is InChI=1S/C21H21F5N6O/c1-11(2)28-18-30-17(13-6-4-5-12(9-13)16(33)20(3,22)23)31-19(32-18)29-14-7-8-27-15(10-14)21(24,25)26/h4-11,16,33H,1-3H3,(H2,27,28,29,30,31,32). The maximum atomic E-state index is 13.6. The van der Waals surface area contributed by atoms with Gasteiger partial charge in [-0.15, -0.1) is 0 Å². The molecule has 3 N–H and O–H groups in total. The largest absolute Gasteiger partial charge is 0.433 e. The summed E-state index contributed by atoms with van der Waals surface area (Å²) in [7, 11) is 0. The van der Waals surface area contributed by atoms with E-state index in [0.717, 1.165) is 12.3 Å². The van der Waals surface area contributed by atoms with Crippen LogP contribution in [0.4, 0.5) is 39.5 Å². The SMILES string of the molecule is CC(C)Nc1nc(Nc2ccnc(C(F)(F)F)c2)nc(-c2cccc(C(O)C(C)(F)F)c2)n1. The third kappa shape index (κ3) is 6.31. The van der Waals surface area contributed by atoms with Crippen LogP contribution in [0.2, 0.25) is 0 Å². The minimum absolute atomic E-state index is 0.0415. The highest BCUT2D eigenvalue weighted by molar-refractivity contribution is 5.62. The van der Waals surface area contributed by atoms with E-state index in [9.17, 15) is 27.1 Å². The Hall–Kier alpha value is -3.41. The van der Waals surface area contributed by atoms with Crippen molar-refractivity contribution in [2.75, 3.05) is 10.6 Å². The highest BCUT2D eigenvalue weighted by Crippen LogP contribution is 2.33. The third-order valence-corrected chi connectivity index (χ3v) is 4.30. The normalized spacial score (nSPS) is 13.2. The van der Waals surface area contributed by atoms with Crippen LogP contribution in [0.1, 0.15) is 38.1 Å². The van der Waals surface area contributed by atoms with Gasteiger partial charge in [-0.2, -0.15) is 28.1 Å². The Bertz CT molecular complexity index is 1120. The van der Waals surface area contributed by atoms with E-state index in [0.29, 0.717) is 12.5 Å². The zero-order valence-corrected chi connectivity index (χ0v) is 17.8. The van der Waals surface area contributed by atoms with Gasteiger partial charge >= 0.3 is 6.18 Å². The average molecular weight is 468 g/mol. The molecule has 12 heteroatoms. The van der Waals surface area contributed by atoms with Gasteiger partial charge in [-0.05, 0) is 37.6 Å². The van der Waals surface area contributed by atoms with Crippen LogP contribution in [0.15, 0.2) is 42.6 Å². The number of halogens is 5. The van der Waals surface area contributed by atoms with Gasteiger partial charge in [-0.3, -0.25) is 4.98 Å². The molecule has 1 aromatic carbocycles. The summed E-state index contributed by atoms with van der Waals surface area (Å²) in [6.07, 6.45) is -5.67. The molecule has 0 aliphatic carbocycles. The summed E-state index contributed by atoms with van der Waals surface area (Å²) >= 11 is 0. The number of hydrogen-bond acceptors (Lipinski definition) is 7. The number of aliphatic hydroxyl groups excluding tert-OH is 1. The van der Waals surface area contributed by atoms with E-state index >= 15 is 0 Å². The van der Waals surface area contributed by atoms with Crippen molar-refractivity contribution in [2.24, 2.45) is 0 Å². The quantitative estimate of drug-likeness (QED) is 0.410. The summed E-state index contributed by atoms with van der Waals surface area (Å²) in [5.41, 5.74) is -0.791. The summed E-state index contributed by atoms with van der Waals surface area (Å²) < 4.78 is 66.1. The topological polar surface area (TPSA) is 95.9 Å². The molecule has 0 radical (unpaired) electrons. The van der Waals surface area contributed by atoms with E-state index in [2.05, 4.69) is 30.6 Å². The van der Waals surface area contributed by atoms with Crippen LogP contribution < -0.4 is 10.6 Å². The number of alkyl halides is 5. The molecule has 2 heterocycles. The second kappa shape index (κ2) is 9.22. The number of anilines is 3. The van der Waals surface area contributed by atoms with E-state index in [1.807, 2.05) is 13.8 Å². The summed E-state index contributed by atoms with van der Waals surface area (Å²) in [5.74, 6) is -3.26. The molecule has 0 amide bonds. The van der Waals surface area contributed by atoms with Gasteiger partial charge < -0.3 is 15.7 Å². The number of nitrogens with zero attached hydrogens (tertiary/aromatic N) is 4. The van der Waals surface area contributed by atoms with Gasteiger partial charge in [0, 0.05) is 30.4 Å². The molecule has 0 saturated heterocycles. The lowest BCUT2D eigenvalue weighted by atomic mass is 10.0. The lowest BCUT2D eigenvalue weighted by molar-refractivity contribution is -0.141. The van der Waals surface area contributed by atoms with Gasteiger partial charge in [-0.1, -0.05) is 18.2 Å². The van der Waals surface area contributed by atoms with Crippen LogP contribution >= 0.6 is 0 Å². The molecule has 0 aliphatic heterocycles. The van der Waals surface area contributed by atoms with E-state index < -0.39 is 23.9 Å². The van der Waals surface area contributed by atoms with E-state index in [-0.39, 0.29) is 35.0 Å². The van der Waals surface area contributed by atoms with E-state index in [1.165, 1.54) is 24.3 Å². The monoisotopic (exact) mass is 468 g/mol. The lowest BCUT2D eigenvalue weighted by Gasteiger charge is -2.19. The summed E-state index contributed by atoms with van der Waals surface area (Å²) in [5, 5.41) is 15.6. The molecule has 0 saturated carbocycles. The van der Waals surface area contributed by atoms with Crippen LogP contribution in [0.5, 0.6) is 0 Å². The second-order valence-corrected chi connectivity index (χ2v) is 7.64. The van der Waals surface area contributed by atoms with Crippen molar-refractivity contribution >= 4 is 17.6 Å².